The molecule has 0 unspecified atom stereocenters. The third-order valence-corrected chi connectivity index (χ3v) is 21.2. The fraction of sp³-hybridized carbons (Fsp3) is 0.264. The van der Waals surface area contributed by atoms with Crippen LogP contribution in [-0.2, 0) is 61.9 Å². The largest absolute Gasteiger partial charge is 0.508 e. The van der Waals surface area contributed by atoms with Crippen LogP contribution in [0.2, 0.25) is 0 Å². The number of carbonyl (C=O) groups is 2. The van der Waals surface area contributed by atoms with Gasteiger partial charge in [-0.1, -0.05) is 270 Å². The van der Waals surface area contributed by atoms with E-state index >= 15 is 0 Å². The number of nitriles is 1. The van der Waals surface area contributed by atoms with Crippen LogP contribution in [-0.4, -0.2) is 56.9 Å². The summed E-state index contributed by atoms with van der Waals surface area (Å²) in [5.41, 5.74) is 15.9. The summed E-state index contributed by atoms with van der Waals surface area (Å²) in [6.07, 6.45) is 6.21. The lowest BCUT2D eigenvalue weighted by Crippen LogP contribution is -2.11. The second-order valence-electron chi connectivity index (χ2n) is 37.0. The Balaban J connectivity index is 0.000000171. The summed E-state index contributed by atoms with van der Waals surface area (Å²) >= 11 is 0. The Hall–Kier alpha value is -13.6. The Bertz CT molecular complexity index is 6240. The van der Waals surface area contributed by atoms with Crippen LogP contribution in [0.15, 0.2) is 283 Å². The maximum atomic E-state index is 12.8. The van der Waals surface area contributed by atoms with Gasteiger partial charge in [0.05, 0.1) is 62.7 Å². The molecule has 648 valence electrons. The molecule has 125 heavy (non-hydrogen) atoms. The van der Waals surface area contributed by atoms with E-state index in [1.165, 1.54) is 131 Å². The molecule has 14 rings (SSSR count). The molecule has 18 nitrogen and oxygen atoms in total. The van der Waals surface area contributed by atoms with E-state index in [9.17, 15) is 63.0 Å². The van der Waals surface area contributed by atoms with Crippen LogP contribution in [0.5, 0.6) is 40.2 Å². The first kappa shape index (κ1) is 95.3. The maximum absolute atomic E-state index is 12.8. The van der Waals surface area contributed by atoms with E-state index in [0.29, 0.717) is 50.4 Å². The quantitative estimate of drug-likeness (QED) is 0.0489. The van der Waals surface area contributed by atoms with Crippen molar-refractivity contribution in [3.05, 3.63) is 347 Å². The average Bonchev–Trinajstić information content (AvgIpc) is 0.781. The van der Waals surface area contributed by atoms with Crippen molar-refractivity contribution < 1.29 is 66.1 Å². The molecule has 0 saturated carbocycles. The topological polar surface area (TPSA) is 313 Å². The zero-order chi connectivity index (χ0) is 92.1. The minimum absolute atomic E-state index is 0.0304. The highest BCUT2D eigenvalue weighted by Gasteiger charge is 2.23. The van der Waals surface area contributed by atoms with E-state index in [2.05, 4.69) is 143 Å². The van der Waals surface area contributed by atoms with E-state index in [1.54, 1.807) is 12.1 Å². The highest BCUT2D eigenvalue weighted by molar-refractivity contribution is 7.86. The molecular weight excluding hydrogens is 1590 g/mol. The Morgan fingerprint density at radius 1 is 0.336 bits per heavy atom. The first-order valence-electron chi connectivity index (χ1n) is 40.9. The van der Waals surface area contributed by atoms with Gasteiger partial charge in [-0.3, -0.25) is 24.0 Å². The van der Waals surface area contributed by atoms with E-state index in [-0.39, 0.29) is 130 Å². The molecule has 0 aliphatic rings. The number of hydrogen-bond donors (Lipinski definition) is 6. The highest BCUT2D eigenvalue weighted by Crippen LogP contribution is 2.34. The summed E-state index contributed by atoms with van der Waals surface area (Å²) in [4.78, 5) is 62.3. The third kappa shape index (κ3) is 26.2. The summed E-state index contributed by atoms with van der Waals surface area (Å²) in [6, 6.07) is 71.4. The number of fused-ring (bicyclic) bond motifs is 3. The van der Waals surface area contributed by atoms with Crippen LogP contribution in [0.25, 0.3) is 66.3 Å². The number of carbonyl (C=O) groups excluding carboxylic acids is 2. The number of nitrogens with zero attached hydrogens (tertiary/aromatic N) is 1. The zero-order valence-corrected chi connectivity index (χ0v) is 75.2. The summed E-state index contributed by atoms with van der Waals surface area (Å²) in [7, 11) is -3.64. The van der Waals surface area contributed by atoms with Crippen LogP contribution in [0.3, 0.4) is 0 Å². The number of aromatic hydroxyl groups is 6. The summed E-state index contributed by atoms with van der Waals surface area (Å²) in [5.74, 6) is -0.567. The Labute approximate surface area is 731 Å². The fourth-order valence-corrected chi connectivity index (χ4v) is 13.6. The molecule has 11 aromatic carbocycles. The Morgan fingerprint density at radius 2 is 0.584 bits per heavy atom. The monoisotopic (exact) mass is 1700 g/mol. The predicted molar refractivity (Wildman–Crippen MR) is 499 cm³/mol. The van der Waals surface area contributed by atoms with Gasteiger partial charge >= 0.3 is 10.1 Å². The minimum atomic E-state index is -3.64. The van der Waals surface area contributed by atoms with Crippen LogP contribution in [0, 0.1) is 11.3 Å². The zero-order valence-electron chi connectivity index (χ0n) is 74.4. The lowest BCUT2D eigenvalue weighted by molar-refractivity contribution is 0.0981. The van der Waals surface area contributed by atoms with Crippen LogP contribution in [0.4, 0.5) is 0 Å². The number of phenols is 6. The third-order valence-electron chi connectivity index (χ3n) is 20.7. The lowest BCUT2D eigenvalue weighted by atomic mass is 9.86. The van der Waals surface area contributed by atoms with Crippen LogP contribution < -0.4 is 20.5 Å². The Morgan fingerprint density at radius 3 is 0.848 bits per heavy atom. The molecule has 0 bridgehead atoms. The number of Topliss-reactive ketones (excluding diaryl/α,β-unsaturated/α-hetero) is 2. The molecule has 0 amide bonds. The van der Waals surface area contributed by atoms with Crippen molar-refractivity contribution >= 4 is 54.6 Å². The van der Waals surface area contributed by atoms with Gasteiger partial charge in [0.15, 0.2) is 27.9 Å². The number of hydrogen-bond acceptors (Lipinski definition) is 18. The van der Waals surface area contributed by atoms with Crippen molar-refractivity contribution in [2.45, 2.75) is 176 Å². The number of ketones is 2. The summed E-state index contributed by atoms with van der Waals surface area (Å²) < 4.78 is 43.8. The minimum Gasteiger partial charge on any atom is -0.508 e. The molecule has 0 aliphatic heterocycles. The fourth-order valence-electron chi connectivity index (χ4n) is 13.1. The molecule has 0 atom stereocenters. The first-order valence-corrected chi connectivity index (χ1v) is 42.7. The van der Waals surface area contributed by atoms with Crippen molar-refractivity contribution in [2.24, 2.45) is 0 Å². The number of rotatable bonds is 12. The molecule has 0 saturated heterocycles. The van der Waals surface area contributed by atoms with Gasteiger partial charge < -0.3 is 48.1 Å². The highest BCUT2D eigenvalue weighted by atomic mass is 32.2. The molecule has 3 aromatic heterocycles. The average molecular weight is 1700 g/mol. The molecule has 0 spiro atoms. The molecule has 0 fully saturated rings. The summed E-state index contributed by atoms with van der Waals surface area (Å²) in [5, 5.41) is 66.6. The maximum Gasteiger partial charge on any atom is 0.306 e. The standard InChI is InChI=1S/C20H20O5S.2C19H18O3.2C18H20O3.C12H15N/c1-20(2,3)14-7-5-13(6-8-14)17-12-24-18-11-15(25-26(4,22)23)9-10-16(18)19(17)21;2*1-19(2,3)13-6-4-12(5-7-13)16-11-22-17-10-14(20)8-9-15(17)18(16)21;2*1-18(2,3)13-6-4-12(5-7-13)10-16(20)15-9-8-14(19)11-17(15)21;1-12(2,3)11-6-4-10(5-7-11)8-9-13/h5-12H,1-4H3;2*4-11,20H,1-3H3;2*4-9,11,19,21H,10H2,1-3H3;4-7H,8H2,1-3H3. The van der Waals surface area contributed by atoms with Gasteiger partial charge in [-0.05, 0) is 160 Å². The molecule has 0 radical (unpaired) electrons. The smallest absolute Gasteiger partial charge is 0.306 e. The van der Waals surface area contributed by atoms with E-state index in [0.717, 1.165) is 39.6 Å². The van der Waals surface area contributed by atoms with Gasteiger partial charge in [-0.15, -0.1) is 0 Å². The number of benzene rings is 11. The van der Waals surface area contributed by atoms with Gasteiger partial charge in [-0.2, -0.15) is 13.7 Å². The van der Waals surface area contributed by atoms with E-state index in [4.69, 9.17) is 22.7 Å². The number of phenolic OH excluding ortho intramolecular Hbond substituents is 6. The van der Waals surface area contributed by atoms with Gasteiger partial charge in [0, 0.05) is 43.2 Å². The van der Waals surface area contributed by atoms with Crippen LogP contribution in [0.1, 0.15) is 195 Å². The second-order valence-corrected chi connectivity index (χ2v) is 38.6. The summed E-state index contributed by atoms with van der Waals surface area (Å²) in [6.45, 7) is 38.7. The van der Waals surface area contributed by atoms with Crippen molar-refractivity contribution in [1.82, 2.24) is 0 Å². The lowest BCUT2D eigenvalue weighted by Gasteiger charge is -2.19. The van der Waals surface area contributed by atoms with Crippen molar-refractivity contribution in [2.75, 3.05) is 6.26 Å². The molecule has 14 aromatic rings. The SMILES string of the molecule is CC(C)(C)c1ccc(-c2coc3cc(O)ccc3c2=O)cc1.CC(C)(C)c1ccc(-c2coc3cc(O)ccc3c2=O)cc1.CC(C)(C)c1ccc(-c2coc3cc(OS(C)(=O)=O)ccc3c2=O)cc1.CC(C)(C)c1ccc(CC#N)cc1.CC(C)(C)c1ccc(CC(=O)c2ccc(O)cc2O)cc1.CC(C)(C)c1ccc(CC(=O)c2ccc(O)cc2O)cc1. The van der Waals surface area contributed by atoms with Crippen molar-refractivity contribution in [3.8, 4) is 79.7 Å². The normalized spacial score (nSPS) is 11.7. The van der Waals surface area contributed by atoms with Crippen molar-refractivity contribution in [3.63, 3.8) is 0 Å². The molecule has 0 aliphatic carbocycles. The van der Waals surface area contributed by atoms with E-state index in [1.807, 2.05) is 133 Å². The predicted octanol–water partition coefficient (Wildman–Crippen LogP) is 23.7. The van der Waals surface area contributed by atoms with Gasteiger partial charge in [0.2, 0.25) is 0 Å². The molecule has 3 heterocycles. The molecule has 19 heteroatoms. The van der Waals surface area contributed by atoms with Crippen molar-refractivity contribution in [1.29, 1.82) is 5.26 Å². The van der Waals surface area contributed by atoms with E-state index < -0.39 is 10.1 Å². The van der Waals surface area contributed by atoms with Crippen LogP contribution >= 0.6 is 0 Å². The van der Waals surface area contributed by atoms with Gasteiger partial charge in [-0.25, -0.2) is 0 Å². The molecular formula is C106H111NO17S. The first-order chi connectivity index (χ1) is 58.3. The second kappa shape index (κ2) is 39.3. The molecule has 6 N–H and O–H groups in total. The van der Waals surface area contributed by atoms with Gasteiger partial charge in [0.1, 0.15) is 75.8 Å². The Kier molecular flexibility index (Phi) is 30.0. The van der Waals surface area contributed by atoms with Gasteiger partial charge in [0.25, 0.3) is 0 Å².